The number of benzene rings is 1. The fourth-order valence-electron chi connectivity index (χ4n) is 1.43. The van der Waals surface area contributed by atoms with Crippen LogP contribution in [-0.4, -0.2) is 18.5 Å². The summed E-state index contributed by atoms with van der Waals surface area (Å²) in [5, 5.41) is 4.03. The maximum atomic E-state index is 11.3. The van der Waals surface area contributed by atoms with Crippen molar-refractivity contribution in [3.05, 3.63) is 33.8 Å². The summed E-state index contributed by atoms with van der Waals surface area (Å²) in [5.74, 6) is -0.0370. The van der Waals surface area contributed by atoms with E-state index in [4.69, 9.17) is 28.9 Å². The normalized spacial score (nSPS) is 11.6. The predicted octanol–water partition coefficient (Wildman–Crippen LogP) is 2.81. The first-order valence-corrected chi connectivity index (χ1v) is 6.21. The minimum Gasteiger partial charge on any atom is -0.356 e. The molecule has 0 aliphatic rings. The lowest BCUT2D eigenvalue weighted by Gasteiger charge is -2.08. The predicted molar refractivity (Wildman–Crippen MR) is 78.7 cm³/mol. The van der Waals surface area contributed by atoms with E-state index in [1.165, 1.54) is 0 Å². The van der Waals surface area contributed by atoms with Gasteiger partial charge in [-0.05, 0) is 31.0 Å². The first-order valence-electron chi connectivity index (χ1n) is 5.45. The molecule has 18 heavy (non-hydrogen) atoms. The fraction of sp³-hybridized carbons (Fsp3) is 0.417. The van der Waals surface area contributed by atoms with Gasteiger partial charge in [0.25, 0.3) is 0 Å². The van der Waals surface area contributed by atoms with Crippen LogP contribution in [0.25, 0.3) is 0 Å². The van der Waals surface area contributed by atoms with Gasteiger partial charge in [-0.3, -0.25) is 4.79 Å². The number of amides is 1. The van der Waals surface area contributed by atoms with Crippen molar-refractivity contribution >= 4 is 41.5 Å². The van der Waals surface area contributed by atoms with Gasteiger partial charge in [-0.1, -0.05) is 29.3 Å². The molecule has 0 saturated heterocycles. The summed E-state index contributed by atoms with van der Waals surface area (Å²) in [6.07, 6.45) is 1.02. The fourth-order valence-corrected chi connectivity index (χ4v) is 1.93. The van der Waals surface area contributed by atoms with Crippen molar-refractivity contribution in [3.8, 4) is 0 Å². The summed E-state index contributed by atoms with van der Waals surface area (Å²) in [4.78, 5) is 11.3. The molecule has 1 amide bonds. The Balaban J connectivity index is 0.00000289. The van der Waals surface area contributed by atoms with Crippen LogP contribution >= 0.6 is 35.6 Å². The Labute approximate surface area is 123 Å². The lowest BCUT2D eigenvalue weighted by atomic mass is 10.1. The molecule has 0 bridgehead atoms. The number of carbonyl (C=O) groups is 1. The zero-order valence-corrected chi connectivity index (χ0v) is 12.4. The van der Waals surface area contributed by atoms with Crippen LogP contribution in [0.15, 0.2) is 18.2 Å². The van der Waals surface area contributed by atoms with Gasteiger partial charge in [-0.25, -0.2) is 0 Å². The summed E-state index contributed by atoms with van der Waals surface area (Å²) in [6, 6.07) is 5.23. The van der Waals surface area contributed by atoms with Crippen LogP contribution in [0.4, 0.5) is 0 Å². The number of carbonyl (C=O) groups excluding carboxylic acids is 1. The van der Waals surface area contributed by atoms with Crippen molar-refractivity contribution in [2.24, 2.45) is 5.73 Å². The summed E-state index contributed by atoms with van der Waals surface area (Å²) in [6.45, 7) is 2.35. The molecule has 0 aliphatic carbocycles. The maximum Gasteiger partial charge on any atom is 0.221 e. The Hall–Kier alpha value is -0.480. The topological polar surface area (TPSA) is 55.1 Å². The Morgan fingerprint density at radius 2 is 2.11 bits per heavy atom. The molecule has 0 spiro atoms. The molecule has 0 fully saturated rings. The van der Waals surface area contributed by atoms with Gasteiger partial charge in [0.1, 0.15) is 0 Å². The molecule has 0 heterocycles. The molecular formula is C12H17Cl3N2O. The van der Waals surface area contributed by atoms with Crippen molar-refractivity contribution in [2.45, 2.75) is 25.8 Å². The molecule has 6 heteroatoms. The van der Waals surface area contributed by atoms with Crippen LogP contribution in [0, 0.1) is 0 Å². The highest BCUT2D eigenvalue weighted by molar-refractivity contribution is 6.35. The van der Waals surface area contributed by atoms with Gasteiger partial charge < -0.3 is 11.1 Å². The van der Waals surface area contributed by atoms with E-state index in [2.05, 4.69) is 5.32 Å². The molecule has 3 N–H and O–H groups in total. The van der Waals surface area contributed by atoms with E-state index in [0.29, 0.717) is 29.4 Å². The van der Waals surface area contributed by atoms with Crippen molar-refractivity contribution in [1.82, 2.24) is 5.32 Å². The summed E-state index contributed by atoms with van der Waals surface area (Å²) >= 11 is 11.8. The van der Waals surface area contributed by atoms with E-state index in [1.807, 2.05) is 6.07 Å². The molecule has 0 aromatic heterocycles. The van der Waals surface area contributed by atoms with Crippen molar-refractivity contribution in [3.63, 3.8) is 0 Å². The molecule has 0 radical (unpaired) electrons. The third-order valence-electron chi connectivity index (χ3n) is 2.24. The van der Waals surface area contributed by atoms with E-state index in [-0.39, 0.29) is 24.4 Å². The second-order valence-corrected chi connectivity index (χ2v) is 4.86. The number of nitrogens with one attached hydrogen (secondary N) is 1. The number of hydrogen-bond donors (Lipinski definition) is 2. The zero-order valence-electron chi connectivity index (χ0n) is 10.1. The van der Waals surface area contributed by atoms with Gasteiger partial charge in [-0.15, -0.1) is 12.4 Å². The third-order valence-corrected chi connectivity index (χ3v) is 2.83. The van der Waals surface area contributed by atoms with Crippen molar-refractivity contribution in [1.29, 1.82) is 0 Å². The largest absolute Gasteiger partial charge is 0.356 e. The van der Waals surface area contributed by atoms with Crippen LogP contribution in [-0.2, 0) is 11.2 Å². The standard InChI is InChI=1S/C12H16Cl2N2O.ClH/c1-8(15)6-12(17)16-5-4-9-2-3-10(13)7-11(9)14;/h2-3,7-8H,4-6,15H2,1H3,(H,16,17);1H. The Morgan fingerprint density at radius 1 is 1.44 bits per heavy atom. The lowest BCUT2D eigenvalue weighted by Crippen LogP contribution is -2.31. The molecule has 1 aromatic rings. The first kappa shape index (κ1) is 17.5. The molecule has 1 aromatic carbocycles. The van der Waals surface area contributed by atoms with Gasteiger partial charge in [0.2, 0.25) is 5.91 Å². The number of rotatable bonds is 5. The van der Waals surface area contributed by atoms with Crippen molar-refractivity contribution < 1.29 is 4.79 Å². The summed E-state index contributed by atoms with van der Waals surface area (Å²) in [5.41, 5.74) is 6.49. The molecule has 3 nitrogen and oxygen atoms in total. The summed E-state index contributed by atoms with van der Waals surface area (Å²) < 4.78 is 0. The van der Waals surface area contributed by atoms with Crippen LogP contribution in [0.1, 0.15) is 18.9 Å². The Bertz CT molecular complexity index is 397. The van der Waals surface area contributed by atoms with Crippen LogP contribution < -0.4 is 11.1 Å². The van der Waals surface area contributed by atoms with E-state index < -0.39 is 0 Å². The average Bonchev–Trinajstić information content (AvgIpc) is 2.20. The number of nitrogens with two attached hydrogens (primary N) is 1. The Morgan fingerprint density at radius 3 is 2.67 bits per heavy atom. The minimum absolute atomic E-state index is 0. The van der Waals surface area contributed by atoms with Gasteiger partial charge in [-0.2, -0.15) is 0 Å². The molecule has 1 atom stereocenters. The smallest absolute Gasteiger partial charge is 0.221 e. The average molecular weight is 312 g/mol. The molecule has 1 rings (SSSR count). The van der Waals surface area contributed by atoms with Crippen molar-refractivity contribution in [2.75, 3.05) is 6.54 Å². The second kappa shape index (κ2) is 8.59. The highest BCUT2D eigenvalue weighted by Crippen LogP contribution is 2.20. The summed E-state index contributed by atoms with van der Waals surface area (Å²) in [7, 11) is 0. The quantitative estimate of drug-likeness (QED) is 0.878. The van der Waals surface area contributed by atoms with Crippen LogP contribution in [0.2, 0.25) is 10.0 Å². The van der Waals surface area contributed by atoms with E-state index >= 15 is 0 Å². The molecule has 0 saturated carbocycles. The van der Waals surface area contributed by atoms with Crippen LogP contribution in [0.5, 0.6) is 0 Å². The molecule has 1 unspecified atom stereocenters. The third kappa shape index (κ3) is 6.45. The highest BCUT2D eigenvalue weighted by atomic mass is 35.5. The first-order chi connectivity index (χ1) is 7.99. The molecule has 102 valence electrons. The van der Waals surface area contributed by atoms with E-state index in [1.54, 1.807) is 19.1 Å². The lowest BCUT2D eigenvalue weighted by molar-refractivity contribution is -0.121. The maximum absolute atomic E-state index is 11.3. The van der Waals surface area contributed by atoms with Gasteiger partial charge in [0, 0.05) is 29.1 Å². The molecule has 0 aliphatic heterocycles. The SMILES string of the molecule is CC(N)CC(=O)NCCc1ccc(Cl)cc1Cl.Cl. The van der Waals surface area contributed by atoms with E-state index in [9.17, 15) is 4.79 Å². The minimum atomic E-state index is -0.117. The number of halogens is 3. The van der Waals surface area contributed by atoms with Gasteiger partial charge in [0.15, 0.2) is 0 Å². The monoisotopic (exact) mass is 310 g/mol. The van der Waals surface area contributed by atoms with Crippen LogP contribution in [0.3, 0.4) is 0 Å². The van der Waals surface area contributed by atoms with Gasteiger partial charge >= 0.3 is 0 Å². The molecular weight excluding hydrogens is 295 g/mol. The van der Waals surface area contributed by atoms with Gasteiger partial charge in [0.05, 0.1) is 0 Å². The Kier molecular flexibility index (Phi) is 8.36. The number of hydrogen-bond acceptors (Lipinski definition) is 2. The highest BCUT2D eigenvalue weighted by Gasteiger charge is 2.05. The zero-order chi connectivity index (χ0) is 12.8. The van der Waals surface area contributed by atoms with E-state index in [0.717, 1.165) is 5.56 Å². The second-order valence-electron chi connectivity index (χ2n) is 4.02.